The number of hydrogen-bond donors (Lipinski definition) is 1. The molecule has 0 bridgehead atoms. The summed E-state index contributed by atoms with van der Waals surface area (Å²) in [5.74, 6) is -1.30. The number of halogens is 1. The van der Waals surface area contributed by atoms with Gasteiger partial charge in [-0.3, -0.25) is 0 Å². The highest BCUT2D eigenvalue weighted by atomic mass is 35.5. The topological polar surface area (TPSA) is 78.5 Å². The molecule has 0 saturated heterocycles. The second-order valence-electron chi connectivity index (χ2n) is 7.57. The van der Waals surface area contributed by atoms with E-state index >= 15 is 0 Å². The van der Waals surface area contributed by atoms with Crippen molar-refractivity contribution in [2.45, 2.75) is 24.8 Å². The first-order chi connectivity index (χ1) is 15.0. The largest absolute Gasteiger partial charge is 0.550 e. The van der Waals surface area contributed by atoms with E-state index in [-0.39, 0.29) is 18.9 Å². The van der Waals surface area contributed by atoms with Crippen LogP contribution in [0.25, 0.3) is 11.1 Å². The van der Waals surface area contributed by atoms with Gasteiger partial charge in [0.15, 0.2) is 0 Å². The molecular weight excluding hydrogens is 414 g/mol. The highest BCUT2D eigenvalue weighted by Gasteiger charge is 2.29. The predicted octanol–water partition coefficient (Wildman–Crippen LogP) is 3.93. The van der Waals surface area contributed by atoms with Gasteiger partial charge < -0.3 is 20.0 Å². The van der Waals surface area contributed by atoms with Gasteiger partial charge in [-0.25, -0.2) is 4.79 Å². The second-order valence-corrected chi connectivity index (χ2v) is 8.01. The van der Waals surface area contributed by atoms with Gasteiger partial charge in [-0.2, -0.15) is 0 Å². The first-order valence-electron chi connectivity index (χ1n) is 10.1. The standard InChI is InChI=1S/C25H22ClNO4/c26-17-11-9-16(10-12-17)13-18(14-24(28)29)27-25(30)31-15-23-21-7-3-1-5-19(21)20-6-2-4-8-22(20)23/h1-12,18,23H,13-15H2,(H,27,30)(H,28,29)/p-1/t18-/m1/s1. The van der Waals surface area contributed by atoms with Gasteiger partial charge in [-0.1, -0.05) is 72.3 Å². The van der Waals surface area contributed by atoms with Gasteiger partial charge in [-0.05, 0) is 46.4 Å². The number of alkyl carbamates (subject to hydrolysis) is 1. The molecule has 4 rings (SSSR count). The lowest BCUT2D eigenvalue weighted by Gasteiger charge is -2.20. The van der Waals surface area contributed by atoms with Crippen LogP contribution in [0.5, 0.6) is 0 Å². The van der Waals surface area contributed by atoms with E-state index in [1.54, 1.807) is 24.3 Å². The molecule has 158 valence electrons. The molecular formula is C25H21ClNO4-. The number of carboxylic acid groups (broad SMARTS) is 1. The zero-order chi connectivity index (χ0) is 21.8. The normalized spacial score (nSPS) is 13.2. The zero-order valence-corrected chi connectivity index (χ0v) is 17.5. The fraction of sp³-hybridized carbons (Fsp3) is 0.200. The summed E-state index contributed by atoms with van der Waals surface area (Å²) in [7, 11) is 0. The molecule has 31 heavy (non-hydrogen) atoms. The third-order valence-corrected chi connectivity index (χ3v) is 5.73. The van der Waals surface area contributed by atoms with Gasteiger partial charge in [-0.15, -0.1) is 0 Å². The van der Waals surface area contributed by atoms with Crippen molar-refractivity contribution in [3.8, 4) is 11.1 Å². The Morgan fingerprint density at radius 2 is 1.52 bits per heavy atom. The maximum absolute atomic E-state index is 12.5. The van der Waals surface area contributed by atoms with E-state index in [2.05, 4.69) is 17.4 Å². The number of nitrogens with one attached hydrogen (secondary N) is 1. The molecule has 1 amide bonds. The number of carboxylic acids is 1. The number of carbonyl (C=O) groups is 2. The van der Waals surface area contributed by atoms with Crippen molar-refractivity contribution in [2.24, 2.45) is 0 Å². The smallest absolute Gasteiger partial charge is 0.407 e. The molecule has 5 nitrogen and oxygen atoms in total. The van der Waals surface area contributed by atoms with Crippen LogP contribution in [0.3, 0.4) is 0 Å². The van der Waals surface area contributed by atoms with E-state index in [1.807, 2.05) is 36.4 Å². The van der Waals surface area contributed by atoms with Crippen molar-refractivity contribution in [1.29, 1.82) is 0 Å². The summed E-state index contributed by atoms with van der Waals surface area (Å²) in [5.41, 5.74) is 5.37. The van der Waals surface area contributed by atoms with Crippen molar-refractivity contribution in [3.63, 3.8) is 0 Å². The van der Waals surface area contributed by atoms with Crippen LogP contribution in [0.1, 0.15) is 29.0 Å². The zero-order valence-electron chi connectivity index (χ0n) is 16.7. The van der Waals surface area contributed by atoms with Crippen LogP contribution in [-0.2, 0) is 16.0 Å². The molecule has 3 aromatic carbocycles. The minimum Gasteiger partial charge on any atom is -0.550 e. The predicted molar refractivity (Wildman–Crippen MR) is 117 cm³/mol. The van der Waals surface area contributed by atoms with Gasteiger partial charge in [0.1, 0.15) is 6.61 Å². The number of rotatable bonds is 7. The summed E-state index contributed by atoms with van der Waals surface area (Å²) in [4.78, 5) is 23.6. The molecule has 0 radical (unpaired) electrons. The second kappa shape index (κ2) is 9.23. The number of aliphatic carboxylic acids is 1. The Kier molecular flexibility index (Phi) is 6.23. The number of fused-ring (bicyclic) bond motifs is 3. The third-order valence-electron chi connectivity index (χ3n) is 5.47. The van der Waals surface area contributed by atoms with Crippen LogP contribution in [0, 0.1) is 0 Å². The first kappa shape index (κ1) is 20.9. The van der Waals surface area contributed by atoms with Crippen LogP contribution in [0.15, 0.2) is 72.8 Å². The van der Waals surface area contributed by atoms with Crippen LogP contribution < -0.4 is 10.4 Å². The quantitative estimate of drug-likeness (QED) is 0.611. The Morgan fingerprint density at radius 3 is 2.10 bits per heavy atom. The maximum atomic E-state index is 12.5. The van der Waals surface area contributed by atoms with Gasteiger partial charge in [0.25, 0.3) is 0 Å². The average molecular weight is 435 g/mol. The Hall–Kier alpha value is -3.31. The lowest BCUT2D eigenvalue weighted by Crippen LogP contribution is -2.41. The molecule has 0 unspecified atom stereocenters. The average Bonchev–Trinajstić information content (AvgIpc) is 3.07. The fourth-order valence-corrected chi connectivity index (χ4v) is 4.21. The van der Waals surface area contributed by atoms with Gasteiger partial charge >= 0.3 is 6.09 Å². The summed E-state index contributed by atoms with van der Waals surface area (Å²) < 4.78 is 5.52. The summed E-state index contributed by atoms with van der Waals surface area (Å²) in [6.45, 7) is 0.166. The fourth-order valence-electron chi connectivity index (χ4n) is 4.09. The van der Waals surface area contributed by atoms with E-state index in [1.165, 1.54) is 0 Å². The molecule has 6 heteroatoms. The van der Waals surface area contributed by atoms with Crippen molar-refractivity contribution in [2.75, 3.05) is 6.61 Å². The summed E-state index contributed by atoms with van der Waals surface area (Å²) in [5, 5.41) is 14.4. The molecule has 0 aromatic heterocycles. The molecule has 0 fully saturated rings. The molecule has 0 spiro atoms. The molecule has 3 aromatic rings. The van der Waals surface area contributed by atoms with Crippen LogP contribution in [-0.4, -0.2) is 24.7 Å². The SMILES string of the molecule is O=C([O-])C[C@@H](Cc1ccc(Cl)cc1)NC(=O)OCC1c2ccccc2-c2ccccc21. The molecule has 1 aliphatic rings. The minimum absolute atomic E-state index is 0.0611. The number of benzene rings is 3. The molecule has 0 aliphatic heterocycles. The highest BCUT2D eigenvalue weighted by Crippen LogP contribution is 2.44. The van der Waals surface area contributed by atoms with Crippen molar-refractivity contribution in [1.82, 2.24) is 5.32 Å². The van der Waals surface area contributed by atoms with Crippen LogP contribution in [0.4, 0.5) is 4.79 Å². The molecule has 0 saturated carbocycles. The monoisotopic (exact) mass is 434 g/mol. The molecule has 0 heterocycles. The lowest BCUT2D eigenvalue weighted by molar-refractivity contribution is -0.306. The van der Waals surface area contributed by atoms with E-state index < -0.39 is 18.1 Å². The number of hydrogen-bond acceptors (Lipinski definition) is 4. The third kappa shape index (κ3) is 4.89. The summed E-state index contributed by atoms with van der Waals surface area (Å²) >= 11 is 5.90. The van der Waals surface area contributed by atoms with E-state index in [0.29, 0.717) is 11.4 Å². The van der Waals surface area contributed by atoms with Crippen LogP contribution in [0.2, 0.25) is 5.02 Å². The molecule has 1 aliphatic carbocycles. The molecule has 1 N–H and O–H groups in total. The maximum Gasteiger partial charge on any atom is 0.407 e. The van der Waals surface area contributed by atoms with Crippen LogP contribution >= 0.6 is 11.6 Å². The first-order valence-corrected chi connectivity index (χ1v) is 10.4. The number of ether oxygens (including phenoxy) is 1. The van der Waals surface area contributed by atoms with Gasteiger partial charge in [0.05, 0.1) is 0 Å². The van der Waals surface area contributed by atoms with E-state index in [0.717, 1.165) is 27.8 Å². The van der Waals surface area contributed by atoms with Crippen molar-refractivity contribution in [3.05, 3.63) is 94.5 Å². The Morgan fingerprint density at radius 1 is 0.935 bits per heavy atom. The lowest BCUT2D eigenvalue weighted by atomic mass is 9.98. The van der Waals surface area contributed by atoms with Gasteiger partial charge in [0.2, 0.25) is 0 Å². The van der Waals surface area contributed by atoms with Crippen molar-refractivity contribution < 1.29 is 19.4 Å². The molecule has 1 atom stereocenters. The van der Waals surface area contributed by atoms with E-state index in [9.17, 15) is 14.7 Å². The summed E-state index contributed by atoms with van der Waals surface area (Å²) in [6.07, 6.45) is -0.635. The van der Waals surface area contributed by atoms with E-state index in [4.69, 9.17) is 16.3 Å². The van der Waals surface area contributed by atoms with Gasteiger partial charge in [0, 0.05) is 29.4 Å². The Labute approximate surface area is 185 Å². The summed E-state index contributed by atoms with van der Waals surface area (Å²) in [6, 6.07) is 22.5. The Balaban J connectivity index is 1.42. The Bertz CT molecular complexity index is 1050. The highest BCUT2D eigenvalue weighted by molar-refractivity contribution is 6.30. The minimum atomic E-state index is -1.24. The number of amides is 1. The number of carbonyl (C=O) groups excluding carboxylic acids is 2. The van der Waals surface area contributed by atoms with Crippen molar-refractivity contribution >= 4 is 23.7 Å².